The number of nitrogens with zero attached hydrogens (tertiary/aromatic N) is 1. The Morgan fingerprint density at radius 3 is 2.41 bits per heavy atom. The van der Waals surface area contributed by atoms with Gasteiger partial charge >= 0.3 is 0 Å². The van der Waals surface area contributed by atoms with E-state index in [9.17, 15) is 17.6 Å². The van der Waals surface area contributed by atoms with Crippen LogP contribution >= 0.6 is 0 Å². The van der Waals surface area contributed by atoms with Crippen molar-refractivity contribution in [1.82, 2.24) is 4.90 Å². The summed E-state index contributed by atoms with van der Waals surface area (Å²) in [6, 6.07) is 5.69. The number of carbonyl (C=O) groups is 1. The lowest BCUT2D eigenvalue weighted by molar-refractivity contribution is -0.121. The van der Waals surface area contributed by atoms with Crippen molar-refractivity contribution < 1.29 is 17.6 Å². The van der Waals surface area contributed by atoms with Gasteiger partial charge in [0, 0.05) is 24.4 Å². The van der Waals surface area contributed by atoms with Crippen molar-refractivity contribution in [2.24, 2.45) is 5.92 Å². The molecule has 1 saturated heterocycles. The second-order valence-electron chi connectivity index (χ2n) is 5.74. The van der Waals surface area contributed by atoms with Gasteiger partial charge in [-0.25, -0.2) is 12.8 Å². The molecule has 1 fully saturated rings. The molecule has 1 aromatic carbocycles. The Kier molecular flexibility index (Phi) is 5.52. The van der Waals surface area contributed by atoms with Gasteiger partial charge in [0.15, 0.2) is 0 Å². The molecule has 5 nitrogen and oxygen atoms in total. The van der Waals surface area contributed by atoms with Crippen molar-refractivity contribution >= 4 is 21.4 Å². The Labute approximate surface area is 130 Å². The number of halogens is 1. The van der Waals surface area contributed by atoms with Crippen molar-refractivity contribution in [2.45, 2.75) is 12.8 Å². The molecule has 1 aliphatic rings. The van der Waals surface area contributed by atoms with Gasteiger partial charge in [-0.05, 0) is 50.2 Å². The van der Waals surface area contributed by atoms with Crippen molar-refractivity contribution in [1.29, 1.82) is 0 Å². The third-order valence-corrected chi connectivity index (χ3v) is 4.77. The SMILES string of the molecule is CS(=O)(=O)CCN1CCC(C(=O)Nc2ccc(F)cc2)CC1. The number of likely N-dealkylation sites (tertiary alicyclic amines) is 1. The summed E-state index contributed by atoms with van der Waals surface area (Å²) in [7, 11) is -2.95. The van der Waals surface area contributed by atoms with Gasteiger partial charge in [-0.15, -0.1) is 0 Å². The van der Waals surface area contributed by atoms with E-state index in [-0.39, 0.29) is 23.4 Å². The summed E-state index contributed by atoms with van der Waals surface area (Å²) in [6.45, 7) is 1.96. The van der Waals surface area contributed by atoms with E-state index >= 15 is 0 Å². The number of hydrogen-bond donors (Lipinski definition) is 1. The first-order chi connectivity index (χ1) is 10.3. The lowest BCUT2D eigenvalue weighted by atomic mass is 9.96. The largest absolute Gasteiger partial charge is 0.326 e. The summed E-state index contributed by atoms with van der Waals surface area (Å²) in [5.74, 6) is -0.328. The van der Waals surface area contributed by atoms with E-state index in [0.29, 0.717) is 25.1 Å². The Morgan fingerprint density at radius 1 is 1.27 bits per heavy atom. The molecular weight excluding hydrogens is 307 g/mol. The maximum atomic E-state index is 12.8. The third kappa shape index (κ3) is 5.38. The molecule has 0 bridgehead atoms. The zero-order chi connectivity index (χ0) is 16.2. The second kappa shape index (κ2) is 7.19. The fraction of sp³-hybridized carbons (Fsp3) is 0.533. The van der Waals surface area contributed by atoms with Crippen molar-refractivity contribution in [3.63, 3.8) is 0 Å². The zero-order valence-corrected chi connectivity index (χ0v) is 13.4. The molecule has 1 heterocycles. The third-order valence-electron chi connectivity index (χ3n) is 3.85. The molecule has 1 amide bonds. The molecule has 0 atom stereocenters. The number of piperidine rings is 1. The van der Waals surface area contributed by atoms with E-state index in [1.54, 1.807) is 0 Å². The molecule has 0 saturated carbocycles. The minimum Gasteiger partial charge on any atom is -0.326 e. The normalized spacial score (nSPS) is 17.4. The summed E-state index contributed by atoms with van der Waals surface area (Å²) in [5.41, 5.74) is 0.589. The number of amides is 1. The molecule has 1 aliphatic heterocycles. The van der Waals surface area contributed by atoms with Crippen LogP contribution in [0.4, 0.5) is 10.1 Å². The quantitative estimate of drug-likeness (QED) is 0.890. The molecule has 0 radical (unpaired) electrons. The second-order valence-corrected chi connectivity index (χ2v) is 8.00. The molecule has 0 aromatic heterocycles. The van der Waals surface area contributed by atoms with Crippen LogP contribution in [0.1, 0.15) is 12.8 Å². The Bertz CT molecular complexity index is 608. The van der Waals surface area contributed by atoms with E-state index in [2.05, 4.69) is 10.2 Å². The number of rotatable bonds is 5. The lowest BCUT2D eigenvalue weighted by Gasteiger charge is -2.31. The van der Waals surface area contributed by atoms with E-state index < -0.39 is 9.84 Å². The maximum Gasteiger partial charge on any atom is 0.227 e. The van der Waals surface area contributed by atoms with Gasteiger partial charge in [-0.3, -0.25) is 4.79 Å². The van der Waals surface area contributed by atoms with Crippen LogP contribution in [0.15, 0.2) is 24.3 Å². The first-order valence-electron chi connectivity index (χ1n) is 7.30. The van der Waals surface area contributed by atoms with Gasteiger partial charge in [0.2, 0.25) is 5.91 Å². The Balaban J connectivity index is 1.78. The molecule has 7 heteroatoms. The van der Waals surface area contributed by atoms with E-state index in [1.807, 2.05) is 0 Å². The van der Waals surface area contributed by atoms with Crippen LogP contribution in [0.3, 0.4) is 0 Å². The minimum atomic E-state index is -2.95. The highest BCUT2D eigenvalue weighted by Gasteiger charge is 2.25. The molecule has 0 spiro atoms. The van der Waals surface area contributed by atoms with Gasteiger partial charge in [0.25, 0.3) is 0 Å². The molecule has 1 aromatic rings. The molecule has 0 unspecified atom stereocenters. The number of benzene rings is 1. The average Bonchev–Trinajstić information content (AvgIpc) is 2.47. The van der Waals surface area contributed by atoms with Crippen molar-refractivity contribution in [3.8, 4) is 0 Å². The fourth-order valence-electron chi connectivity index (χ4n) is 2.49. The predicted octanol–water partition coefficient (Wildman–Crippen LogP) is 1.52. The minimum absolute atomic E-state index is 0.0608. The molecular formula is C15H21FN2O3S. The molecule has 1 N–H and O–H groups in total. The monoisotopic (exact) mass is 328 g/mol. The van der Waals surface area contributed by atoms with Gasteiger partial charge < -0.3 is 10.2 Å². The van der Waals surface area contributed by atoms with Gasteiger partial charge in [-0.2, -0.15) is 0 Å². The number of hydrogen-bond acceptors (Lipinski definition) is 4. The summed E-state index contributed by atoms with van der Waals surface area (Å²) in [6.07, 6.45) is 2.64. The highest BCUT2D eigenvalue weighted by atomic mass is 32.2. The van der Waals surface area contributed by atoms with E-state index in [4.69, 9.17) is 0 Å². The molecule has 2 rings (SSSR count). The highest BCUT2D eigenvalue weighted by Crippen LogP contribution is 2.19. The first kappa shape index (κ1) is 16.9. The van der Waals surface area contributed by atoms with Crippen LogP contribution in [0.5, 0.6) is 0 Å². The van der Waals surface area contributed by atoms with Gasteiger partial charge in [0.05, 0.1) is 5.75 Å². The summed E-state index contributed by atoms with van der Waals surface area (Å²) >= 11 is 0. The molecule has 0 aliphatic carbocycles. The summed E-state index contributed by atoms with van der Waals surface area (Å²) in [5, 5.41) is 2.79. The molecule has 22 heavy (non-hydrogen) atoms. The number of carbonyl (C=O) groups excluding carboxylic acids is 1. The maximum absolute atomic E-state index is 12.8. The summed E-state index contributed by atoms with van der Waals surface area (Å²) < 4.78 is 35.1. The zero-order valence-electron chi connectivity index (χ0n) is 12.6. The lowest BCUT2D eigenvalue weighted by Crippen LogP contribution is -2.40. The van der Waals surface area contributed by atoms with Crippen LogP contribution in [0, 0.1) is 11.7 Å². The van der Waals surface area contributed by atoms with E-state index in [1.165, 1.54) is 30.5 Å². The van der Waals surface area contributed by atoms with Crippen LogP contribution in [0.2, 0.25) is 0 Å². The van der Waals surface area contributed by atoms with Crippen LogP contribution < -0.4 is 5.32 Å². The predicted molar refractivity (Wildman–Crippen MR) is 83.9 cm³/mol. The van der Waals surface area contributed by atoms with E-state index in [0.717, 1.165) is 13.1 Å². The Morgan fingerprint density at radius 2 is 1.86 bits per heavy atom. The van der Waals surface area contributed by atoms with Crippen molar-refractivity contribution in [3.05, 3.63) is 30.1 Å². The average molecular weight is 328 g/mol. The summed E-state index contributed by atoms with van der Waals surface area (Å²) in [4.78, 5) is 14.2. The van der Waals surface area contributed by atoms with Gasteiger partial charge in [0.1, 0.15) is 15.7 Å². The fourth-order valence-corrected chi connectivity index (χ4v) is 3.08. The van der Waals surface area contributed by atoms with Crippen LogP contribution in [-0.4, -0.2) is 50.9 Å². The van der Waals surface area contributed by atoms with Gasteiger partial charge in [-0.1, -0.05) is 0 Å². The molecule has 122 valence electrons. The first-order valence-corrected chi connectivity index (χ1v) is 9.36. The van der Waals surface area contributed by atoms with Crippen LogP contribution in [-0.2, 0) is 14.6 Å². The number of nitrogens with one attached hydrogen (secondary N) is 1. The topological polar surface area (TPSA) is 66.5 Å². The smallest absolute Gasteiger partial charge is 0.227 e. The number of sulfone groups is 1. The van der Waals surface area contributed by atoms with Crippen LogP contribution in [0.25, 0.3) is 0 Å². The number of anilines is 1. The highest BCUT2D eigenvalue weighted by molar-refractivity contribution is 7.90. The van der Waals surface area contributed by atoms with Crippen molar-refractivity contribution in [2.75, 3.05) is 37.0 Å². The Hall–Kier alpha value is -1.47. The standard InChI is InChI=1S/C15H21FN2O3S/c1-22(20,21)11-10-18-8-6-12(7-9-18)15(19)17-14-4-2-13(16)3-5-14/h2-5,12H,6-11H2,1H3,(H,17,19).